The van der Waals surface area contributed by atoms with Crippen molar-refractivity contribution in [3.05, 3.63) is 90.0 Å². The molecule has 6 nitrogen and oxygen atoms in total. The lowest BCUT2D eigenvalue weighted by Crippen LogP contribution is -2.46. The Morgan fingerprint density at radius 1 is 0.970 bits per heavy atom. The number of benzene rings is 3. The average Bonchev–Trinajstić information content (AvgIpc) is 2.86. The second-order valence-electron chi connectivity index (χ2n) is 8.03. The standard InChI is InChI=1S/C27H30N4O2/c1-33-26-11-5-4-10-25(26)31-19-17-30(18-20-31)16-6-7-21-12-14-22(15-13-21)27(32)29-24-9-3-2-8-23(24)28/h2-15H,16-20,28H2,1H3,(H,29,32). The van der Waals surface area contributed by atoms with Crippen molar-refractivity contribution in [1.82, 2.24) is 4.90 Å². The van der Waals surface area contributed by atoms with Gasteiger partial charge in [0.2, 0.25) is 0 Å². The van der Waals surface area contributed by atoms with Crippen LogP contribution >= 0.6 is 0 Å². The largest absolute Gasteiger partial charge is 0.495 e. The van der Waals surface area contributed by atoms with Crippen LogP contribution in [0.5, 0.6) is 5.75 Å². The fourth-order valence-corrected chi connectivity index (χ4v) is 3.95. The van der Waals surface area contributed by atoms with Gasteiger partial charge >= 0.3 is 0 Å². The number of nitrogens with zero attached hydrogens (tertiary/aromatic N) is 2. The summed E-state index contributed by atoms with van der Waals surface area (Å²) in [7, 11) is 1.72. The molecule has 1 heterocycles. The van der Waals surface area contributed by atoms with Gasteiger partial charge in [-0.15, -0.1) is 0 Å². The summed E-state index contributed by atoms with van der Waals surface area (Å²) in [4.78, 5) is 17.3. The molecule has 0 radical (unpaired) electrons. The maximum atomic E-state index is 12.5. The number of carbonyl (C=O) groups excluding carboxylic acids is 1. The van der Waals surface area contributed by atoms with E-state index in [2.05, 4.69) is 39.4 Å². The zero-order valence-electron chi connectivity index (χ0n) is 18.9. The van der Waals surface area contributed by atoms with Crippen molar-refractivity contribution in [3.8, 4) is 5.75 Å². The lowest BCUT2D eigenvalue weighted by Gasteiger charge is -2.36. The molecule has 1 aliphatic heterocycles. The van der Waals surface area contributed by atoms with Crippen molar-refractivity contribution >= 4 is 29.0 Å². The van der Waals surface area contributed by atoms with Crippen molar-refractivity contribution in [2.24, 2.45) is 0 Å². The van der Waals surface area contributed by atoms with Gasteiger partial charge in [-0.25, -0.2) is 0 Å². The minimum atomic E-state index is -0.170. The summed E-state index contributed by atoms with van der Waals surface area (Å²) >= 11 is 0. The second kappa shape index (κ2) is 10.7. The maximum absolute atomic E-state index is 12.5. The van der Waals surface area contributed by atoms with Crippen LogP contribution in [-0.4, -0.2) is 50.6 Å². The Morgan fingerprint density at radius 2 is 1.67 bits per heavy atom. The smallest absolute Gasteiger partial charge is 0.255 e. The predicted octanol–water partition coefficient (Wildman–Crippen LogP) is 4.37. The number of anilines is 3. The number of nitrogen functional groups attached to an aromatic ring is 1. The monoisotopic (exact) mass is 442 g/mol. The molecule has 33 heavy (non-hydrogen) atoms. The van der Waals surface area contributed by atoms with Crippen molar-refractivity contribution in [3.63, 3.8) is 0 Å². The number of para-hydroxylation sites is 4. The van der Waals surface area contributed by atoms with Gasteiger partial charge in [0.15, 0.2) is 0 Å². The Hall–Kier alpha value is -3.77. The molecular formula is C27H30N4O2. The Balaban J connectivity index is 1.26. The highest BCUT2D eigenvalue weighted by Crippen LogP contribution is 2.28. The van der Waals surface area contributed by atoms with Gasteiger partial charge in [-0.3, -0.25) is 9.69 Å². The number of piperazine rings is 1. The highest BCUT2D eigenvalue weighted by atomic mass is 16.5. The van der Waals surface area contributed by atoms with Crippen molar-refractivity contribution in [1.29, 1.82) is 0 Å². The van der Waals surface area contributed by atoms with Crippen LogP contribution in [0.4, 0.5) is 17.1 Å². The van der Waals surface area contributed by atoms with Gasteiger partial charge in [0.25, 0.3) is 5.91 Å². The molecule has 0 saturated carbocycles. The molecule has 0 unspecified atom stereocenters. The fourth-order valence-electron chi connectivity index (χ4n) is 3.95. The zero-order chi connectivity index (χ0) is 23.0. The van der Waals surface area contributed by atoms with Crippen LogP contribution in [0.2, 0.25) is 0 Å². The summed E-state index contributed by atoms with van der Waals surface area (Å²) in [6.45, 7) is 4.86. The van der Waals surface area contributed by atoms with E-state index in [9.17, 15) is 4.79 Å². The summed E-state index contributed by atoms with van der Waals surface area (Å²) < 4.78 is 5.50. The Kier molecular flexibility index (Phi) is 7.27. The van der Waals surface area contributed by atoms with E-state index in [1.807, 2.05) is 48.5 Å². The molecule has 0 aromatic heterocycles. The third-order valence-electron chi connectivity index (χ3n) is 5.85. The van der Waals surface area contributed by atoms with E-state index >= 15 is 0 Å². The highest BCUT2D eigenvalue weighted by Gasteiger charge is 2.18. The van der Waals surface area contributed by atoms with Crippen LogP contribution < -0.4 is 20.7 Å². The number of nitrogens with two attached hydrogens (primary N) is 1. The molecule has 1 amide bonds. The number of rotatable bonds is 7. The molecule has 3 N–H and O–H groups in total. The second-order valence-corrected chi connectivity index (χ2v) is 8.03. The van der Waals surface area contributed by atoms with Crippen LogP contribution in [-0.2, 0) is 0 Å². The fraction of sp³-hybridized carbons (Fsp3) is 0.222. The first kappa shape index (κ1) is 22.4. The van der Waals surface area contributed by atoms with E-state index in [1.165, 1.54) is 0 Å². The molecule has 0 aliphatic carbocycles. The van der Waals surface area contributed by atoms with Crippen molar-refractivity contribution < 1.29 is 9.53 Å². The van der Waals surface area contributed by atoms with Gasteiger partial charge in [-0.05, 0) is 42.0 Å². The third kappa shape index (κ3) is 5.73. The Labute approximate surface area is 195 Å². The number of amides is 1. The van der Waals surface area contributed by atoms with Crippen LogP contribution in [0.1, 0.15) is 15.9 Å². The number of carbonyl (C=O) groups is 1. The zero-order valence-corrected chi connectivity index (χ0v) is 18.9. The number of hydrogen-bond donors (Lipinski definition) is 2. The Bertz CT molecular complexity index is 1100. The van der Waals surface area contributed by atoms with Gasteiger partial charge in [-0.1, -0.05) is 48.6 Å². The lowest BCUT2D eigenvalue weighted by molar-refractivity contribution is 0.102. The van der Waals surface area contributed by atoms with E-state index in [4.69, 9.17) is 10.5 Å². The van der Waals surface area contributed by atoms with E-state index in [0.717, 1.165) is 49.7 Å². The van der Waals surface area contributed by atoms with E-state index < -0.39 is 0 Å². The highest BCUT2D eigenvalue weighted by molar-refractivity contribution is 6.05. The molecular weight excluding hydrogens is 412 g/mol. The van der Waals surface area contributed by atoms with E-state index in [1.54, 1.807) is 19.2 Å². The molecule has 0 spiro atoms. The number of hydrogen-bond acceptors (Lipinski definition) is 5. The molecule has 0 atom stereocenters. The number of ether oxygens (including phenoxy) is 1. The molecule has 1 aliphatic rings. The predicted molar refractivity (Wildman–Crippen MR) is 136 cm³/mol. The van der Waals surface area contributed by atoms with Crippen molar-refractivity contribution in [2.75, 3.05) is 55.8 Å². The molecule has 1 saturated heterocycles. The van der Waals surface area contributed by atoms with E-state index in [0.29, 0.717) is 16.9 Å². The summed E-state index contributed by atoms with van der Waals surface area (Å²) in [5.41, 5.74) is 9.90. The molecule has 1 fully saturated rings. The third-order valence-corrected chi connectivity index (χ3v) is 5.85. The van der Waals surface area contributed by atoms with Crippen LogP contribution in [0.25, 0.3) is 6.08 Å². The lowest BCUT2D eigenvalue weighted by atomic mass is 10.1. The SMILES string of the molecule is COc1ccccc1N1CCN(CC=Cc2ccc(C(=O)Nc3ccccc3N)cc2)CC1. The quantitative estimate of drug-likeness (QED) is 0.532. The molecule has 3 aromatic carbocycles. The number of methoxy groups -OCH3 is 1. The van der Waals surface area contributed by atoms with Gasteiger partial charge in [0, 0.05) is 38.3 Å². The minimum absolute atomic E-state index is 0.170. The Morgan fingerprint density at radius 3 is 2.39 bits per heavy atom. The summed E-state index contributed by atoms with van der Waals surface area (Å²) in [6.07, 6.45) is 4.28. The van der Waals surface area contributed by atoms with Gasteiger partial charge in [0.05, 0.1) is 24.2 Å². The van der Waals surface area contributed by atoms with E-state index in [-0.39, 0.29) is 5.91 Å². The first-order valence-corrected chi connectivity index (χ1v) is 11.2. The number of nitrogens with one attached hydrogen (secondary N) is 1. The molecule has 3 aromatic rings. The van der Waals surface area contributed by atoms with Crippen LogP contribution in [0.15, 0.2) is 78.9 Å². The molecule has 4 rings (SSSR count). The van der Waals surface area contributed by atoms with Crippen molar-refractivity contribution in [2.45, 2.75) is 0 Å². The van der Waals surface area contributed by atoms with Crippen LogP contribution in [0.3, 0.4) is 0 Å². The molecule has 6 heteroatoms. The molecule has 0 bridgehead atoms. The first-order chi connectivity index (χ1) is 16.1. The summed E-state index contributed by atoms with van der Waals surface area (Å²) in [6, 6.07) is 23.0. The summed E-state index contributed by atoms with van der Waals surface area (Å²) in [5, 5.41) is 2.85. The maximum Gasteiger partial charge on any atom is 0.255 e. The average molecular weight is 443 g/mol. The minimum Gasteiger partial charge on any atom is -0.495 e. The van der Waals surface area contributed by atoms with Gasteiger partial charge in [0.1, 0.15) is 5.75 Å². The summed E-state index contributed by atoms with van der Waals surface area (Å²) in [5.74, 6) is 0.756. The topological polar surface area (TPSA) is 70.8 Å². The van der Waals surface area contributed by atoms with Gasteiger partial charge < -0.3 is 20.7 Å². The first-order valence-electron chi connectivity index (χ1n) is 11.2. The van der Waals surface area contributed by atoms with Crippen LogP contribution in [0, 0.1) is 0 Å². The normalized spacial score (nSPS) is 14.4. The molecule has 170 valence electrons. The van der Waals surface area contributed by atoms with Gasteiger partial charge in [-0.2, -0.15) is 0 Å².